The van der Waals surface area contributed by atoms with Crippen LogP contribution >= 0.6 is 0 Å². The van der Waals surface area contributed by atoms with E-state index in [1.807, 2.05) is 49.4 Å². The van der Waals surface area contributed by atoms with Gasteiger partial charge < -0.3 is 15.1 Å². The molecule has 156 valence electrons. The Morgan fingerprint density at radius 2 is 1.76 bits per heavy atom. The molecular weight excluding hydrogens is 358 g/mol. The maximum absolute atomic E-state index is 12.6. The van der Waals surface area contributed by atoms with Crippen LogP contribution in [0.25, 0.3) is 0 Å². The molecule has 0 saturated carbocycles. The zero-order valence-corrected chi connectivity index (χ0v) is 18.1. The van der Waals surface area contributed by atoms with Crippen molar-refractivity contribution < 1.29 is 4.79 Å². The van der Waals surface area contributed by atoms with Gasteiger partial charge in [0.15, 0.2) is 0 Å². The van der Waals surface area contributed by atoms with E-state index >= 15 is 0 Å². The molecule has 1 aliphatic heterocycles. The van der Waals surface area contributed by atoms with Gasteiger partial charge in [-0.05, 0) is 69.6 Å². The molecule has 1 fully saturated rings. The van der Waals surface area contributed by atoms with E-state index in [2.05, 4.69) is 41.2 Å². The highest BCUT2D eigenvalue weighted by Crippen LogP contribution is 2.23. The zero-order valence-electron chi connectivity index (χ0n) is 18.1. The molecule has 0 radical (unpaired) electrons. The predicted octanol–water partition coefficient (Wildman–Crippen LogP) is 4.88. The van der Waals surface area contributed by atoms with Crippen molar-refractivity contribution in [3.05, 3.63) is 65.7 Å². The van der Waals surface area contributed by atoms with Gasteiger partial charge in [0.05, 0.1) is 6.04 Å². The maximum atomic E-state index is 12.6. The lowest BCUT2D eigenvalue weighted by Crippen LogP contribution is -2.43. The van der Waals surface area contributed by atoms with Crippen LogP contribution in [0.5, 0.6) is 0 Å². The number of unbranched alkanes of at least 4 members (excludes halogenated alkanes) is 1. The third kappa shape index (κ3) is 5.83. The molecule has 2 aromatic rings. The molecule has 2 aromatic carbocycles. The summed E-state index contributed by atoms with van der Waals surface area (Å²) in [6, 6.07) is 18.8. The summed E-state index contributed by atoms with van der Waals surface area (Å²) in [7, 11) is 2.26. The molecule has 0 aliphatic carbocycles. The smallest absolute Gasteiger partial charge is 0.251 e. The molecule has 0 spiro atoms. The normalized spacial score (nSPS) is 16.1. The van der Waals surface area contributed by atoms with Crippen molar-refractivity contribution in [3.63, 3.8) is 0 Å². The SMILES string of the molecule is CCCCN(C)C1CCN(c2ccc(C(=O)NC(C)c3ccccc3)cc2)CC1. The van der Waals surface area contributed by atoms with Crippen molar-refractivity contribution >= 4 is 11.6 Å². The van der Waals surface area contributed by atoms with Crippen molar-refractivity contribution in [1.82, 2.24) is 10.2 Å². The van der Waals surface area contributed by atoms with Crippen LogP contribution in [0.4, 0.5) is 5.69 Å². The topological polar surface area (TPSA) is 35.6 Å². The van der Waals surface area contributed by atoms with Crippen LogP contribution in [0.2, 0.25) is 0 Å². The largest absolute Gasteiger partial charge is 0.371 e. The fourth-order valence-corrected chi connectivity index (χ4v) is 4.08. The first-order chi connectivity index (χ1) is 14.1. The van der Waals surface area contributed by atoms with Gasteiger partial charge in [0.2, 0.25) is 0 Å². The van der Waals surface area contributed by atoms with Crippen LogP contribution in [-0.2, 0) is 0 Å². The molecule has 4 nitrogen and oxygen atoms in total. The molecule has 29 heavy (non-hydrogen) atoms. The van der Waals surface area contributed by atoms with Crippen LogP contribution in [0, 0.1) is 0 Å². The van der Waals surface area contributed by atoms with Gasteiger partial charge in [-0.2, -0.15) is 0 Å². The second kappa shape index (κ2) is 10.4. The quantitative estimate of drug-likeness (QED) is 0.694. The third-order valence-electron chi connectivity index (χ3n) is 6.09. The zero-order chi connectivity index (χ0) is 20.6. The molecule has 1 heterocycles. The van der Waals surface area contributed by atoms with Gasteiger partial charge in [-0.15, -0.1) is 0 Å². The molecule has 1 atom stereocenters. The van der Waals surface area contributed by atoms with E-state index in [1.165, 1.54) is 37.9 Å². The summed E-state index contributed by atoms with van der Waals surface area (Å²) < 4.78 is 0. The third-order valence-corrected chi connectivity index (χ3v) is 6.09. The minimum Gasteiger partial charge on any atom is -0.371 e. The summed E-state index contributed by atoms with van der Waals surface area (Å²) in [5, 5.41) is 3.09. The highest BCUT2D eigenvalue weighted by Gasteiger charge is 2.22. The number of benzene rings is 2. The number of nitrogens with one attached hydrogen (secondary N) is 1. The van der Waals surface area contributed by atoms with Crippen LogP contribution in [0.15, 0.2) is 54.6 Å². The lowest BCUT2D eigenvalue weighted by molar-refractivity contribution is 0.0940. The summed E-state index contributed by atoms with van der Waals surface area (Å²) in [4.78, 5) is 17.6. The molecule has 0 aromatic heterocycles. The predicted molar refractivity (Wildman–Crippen MR) is 122 cm³/mol. The van der Waals surface area contributed by atoms with Crippen molar-refractivity contribution in [2.24, 2.45) is 0 Å². The molecule has 1 amide bonds. The van der Waals surface area contributed by atoms with Crippen molar-refractivity contribution in [3.8, 4) is 0 Å². The number of carbonyl (C=O) groups excluding carboxylic acids is 1. The van der Waals surface area contributed by atoms with E-state index in [1.54, 1.807) is 0 Å². The Hall–Kier alpha value is -2.33. The summed E-state index contributed by atoms with van der Waals surface area (Å²) >= 11 is 0. The molecule has 1 N–H and O–H groups in total. The van der Waals surface area contributed by atoms with Gasteiger partial charge >= 0.3 is 0 Å². The van der Waals surface area contributed by atoms with Crippen molar-refractivity contribution in [1.29, 1.82) is 0 Å². The molecule has 3 rings (SSSR count). The molecule has 1 aliphatic rings. The Morgan fingerprint density at radius 3 is 2.38 bits per heavy atom. The van der Waals surface area contributed by atoms with E-state index in [0.29, 0.717) is 11.6 Å². The summed E-state index contributed by atoms with van der Waals surface area (Å²) in [5.74, 6) is -0.0239. The Kier molecular flexibility index (Phi) is 7.70. The molecular formula is C25H35N3O. The second-order valence-corrected chi connectivity index (χ2v) is 8.21. The van der Waals surface area contributed by atoms with Crippen LogP contribution in [0.1, 0.15) is 61.5 Å². The Balaban J connectivity index is 1.52. The summed E-state index contributed by atoms with van der Waals surface area (Å²) in [6.45, 7) is 7.63. The Labute approximate surface area is 175 Å². The Morgan fingerprint density at radius 1 is 1.10 bits per heavy atom. The van der Waals surface area contributed by atoms with E-state index in [0.717, 1.165) is 18.7 Å². The first-order valence-corrected chi connectivity index (χ1v) is 11.0. The molecule has 1 unspecified atom stereocenters. The van der Waals surface area contributed by atoms with Crippen LogP contribution in [0.3, 0.4) is 0 Å². The fourth-order valence-electron chi connectivity index (χ4n) is 4.08. The van der Waals surface area contributed by atoms with E-state index in [-0.39, 0.29) is 11.9 Å². The number of hydrogen-bond acceptors (Lipinski definition) is 3. The second-order valence-electron chi connectivity index (χ2n) is 8.21. The van der Waals surface area contributed by atoms with Gasteiger partial charge in [0.1, 0.15) is 0 Å². The summed E-state index contributed by atoms with van der Waals surface area (Å²) in [5.41, 5.74) is 3.04. The van der Waals surface area contributed by atoms with Gasteiger partial charge in [-0.3, -0.25) is 4.79 Å². The number of hydrogen-bond donors (Lipinski definition) is 1. The highest BCUT2D eigenvalue weighted by atomic mass is 16.1. The van der Waals surface area contributed by atoms with Gasteiger partial charge in [-0.1, -0.05) is 43.7 Å². The minimum atomic E-state index is -0.0239. The first kappa shape index (κ1) is 21.4. The summed E-state index contributed by atoms with van der Waals surface area (Å²) in [6.07, 6.45) is 4.95. The van der Waals surface area contributed by atoms with Gasteiger partial charge in [0, 0.05) is 30.4 Å². The molecule has 1 saturated heterocycles. The minimum absolute atomic E-state index is 0.00731. The van der Waals surface area contributed by atoms with Crippen LogP contribution in [-0.4, -0.2) is 43.5 Å². The maximum Gasteiger partial charge on any atom is 0.251 e. The van der Waals surface area contributed by atoms with E-state index in [4.69, 9.17) is 0 Å². The van der Waals surface area contributed by atoms with Gasteiger partial charge in [0.25, 0.3) is 5.91 Å². The van der Waals surface area contributed by atoms with Crippen molar-refractivity contribution in [2.75, 3.05) is 31.6 Å². The van der Waals surface area contributed by atoms with E-state index in [9.17, 15) is 4.79 Å². The number of amides is 1. The average Bonchev–Trinajstić information content (AvgIpc) is 2.78. The van der Waals surface area contributed by atoms with Crippen LogP contribution < -0.4 is 10.2 Å². The monoisotopic (exact) mass is 393 g/mol. The molecule has 4 heteroatoms. The highest BCUT2D eigenvalue weighted by molar-refractivity contribution is 5.94. The number of carbonyl (C=O) groups is 1. The lowest BCUT2D eigenvalue weighted by Gasteiger charge is -2.38. The Bertz CT molecular complexity index is 751. The molecule has 0 bridgehead atoms. The number of rotatable bonds is 8. The first-order valence-electron chi connectivity index (χ1n) is 11.0. The number of nitrogens with zero attached hydrogens (tertiary/aromatic N) is 2. The lowest BCUT2D eigenvalue weighted by atomic mass is 10.0. The number of piperidine rings is 1. The fraction of sp³-hybridized carbons (Fsp3) is 0.480. The van der Waals surface area contributed by atoms with Gasteiger partial charge in [-0.25, -0.2) is 0 Å². The van der Waals surface area contributed by atoms with E-state index < -0.39 is 0 Å². The standard InChI is InChI=1S/C25H35N3O/c1-4-5-17-27(3)23-15-18-28(19-16-23)24-13-11-22(12-14-24)25(29)26-20(2)21-9-7-6-8-10-21/h6-14,20,23H,4-5,15-19H2,1-3H3,(H,26,29). The van der Waals surface area contributed by atoms with Crippen molar-refractivity contribution in [2.45, 2.75) is 51.6 Å². The number of anilines is 1. The average molecular weight is 394 g/mol.